The van der Waals surface area contributed by atoms with Crippen LogP contribution in [0.3, 0.4) is 0 Å². The van der Waals surface area contributed by atoms with Crippen molar-refractivity contribution < 1.29 is 9.53 Å². The highest BCUT2D eigenvalue weighted by molar-refractivity contribution is 5.96. The molecule has 1 N–H and O–H groups in total. The molecule has 2 fully saturated rings. The zero-order valence-electron chi connectivity index (χ0n) is 20.0. The maximum absolute atomic E-state index is 12.1. The highest BCUT2D eigenvalue weighted by Gasteiger charge is 2.21. The van der Waals surface area contributed by atoms with Gasteiger partial charge in [-0.15, -0.1) is 0 Å². The molecule has 4 heterocycles. The van der Waals surface area contributed by atoms with Crippen LogP contribution in [-0.4, -0.2) is 53.6 Å². The minimum Gasteiger partial charge on any atom is -0.378 e. The van der Waals surface area contributed by atoms with Gasteiger partial charge in [-0.2, -0.15) is 5.26 Å². The van der Waals surface area contributed by atoms with Crippen molar-refractivity contribution in [1.82, 2.24) is 14.9 Å². The van der Waals surface area contributed by atoms with E-state index in [9.17, 15) is 10.1 Å². The van der Waals surface area contributed by atoms with Gasteiger partial charge in [0.15, 0.2) is 0 Å². The lowest BCUT2D eigenvalue weighted by Crippen LogP contribution is -2.36. The summed E-state index contributed by atoms with van der Waals surface area (Å²) in [5.41, 5.74) is 7.52. The number of morpholine rings is 1. The number of nitriles is 1. The van der Waals surface area contributed by atoms with Crippen LogP contribution in [0, 0.1) is 11.3 Å². The molecule has 6 rings (SSSR count). The molecule has 2 saturated heterocycles. The maximum atomic E-state index is 12.1. The average Bonchev–Trinajstić information content (AvgIpc) is 3.55. The van der Waals surface area contributed by atoms with Crippen LogP contribution in [0.15, 0.2) is 60.8 Å². The number of ether oxygens (including phenoxy) is 1. The van der Waals surface area contributed by atoms with E-state index in [0.29, 0.717) is 18.5 Å². The summed E-state index contributed by atoms with van der Waals surface area (Å²) in [7, 11) is 0. The molecule has 0 spiro atoms. The number of anilines is 1. The van der Waals surface area contributed by atoms with E-state index in [0.717, 1.165) is 78.2 Å². The number of carbonyl (C=O) groups is 1. The number of fused-ring (bicyclic) bond motifs is 1. The number of nitrogens with one attached hydrogen (secondary N) is 1. The number of aromatic nitrogens is 2. The predicted octanol–water partition coefficient (Wildman–Crippen LogP) is 4.73. The molecule has 2 aliphatic heterocycles. The van der Waals surface area contributed by atoms with Gasteiger partial charge in [0, 0.05) is 66.6 Å². The van der Waals surface area contributed by atoms with E-state index in [1.165, 1.54) is 5.69 Å². The minimum absolute atomic E-state index is 0.159. The first kappa shape index (κ1) is 22.3. The Balaban J connectivity index is 1.30. The number of likely N-dealkylation sites (tertiary alicyclic amines) is 1. The van der Waals surface area contributed by atoms with Crippen LogP contribution in [0.4, 0.5) is 5.69 Å². The van der Waals surface area contributed by atoms with E-state index in [1.807, 2.05) is 29.2 Å². The molecular formula is C29H27N5O2. The van der Waals surface area contributed by atoms with Crippen LogP contribution in [0.1, 0.15) is 24.0 Å². The van der Waals surface area contributed by atoms with Crippen molar-refractivity contribution in [1.29, 1.82) is 5.26 Å². The summed E-state index contributed by atoms with van der Waals surface area (Å²) in [5.74, 6) is 0.159. The lowest BCUT2D eigenvalue weighted by atomic mass is 10.0. The first-order chi connectivity index (χ1) is 17.7. The molecule has 1 amide bonds. The Bertz CT molecular complexity index is 1460. The highest BCUT2D eigenvalue weighted by atomic mass is 16.5. The minimum atomic E-state index is 0.159. The van der Waals surface area contributed by atoms with E-state index in [-0.39, 0.29) is 5.91 Å². The van der Waals surface area contributed by atoms with E-state index < -0.39 is 0 Å². The van der Waals surface area contributed by atoms with Crippen molar-refractivity contribution in [2.45, 2.75) is 19.4 Å². The van der Waals surface area contributed by atoms with Crippen molar-refractivity contribution in [3.05, 3.63) is 71.9 Å². The molecule has 0 radical (unpaired) electrons. The van der Waals surface area contributed by atoms with Gasteiger partial charge in [0.05, 0.1) is 30.5 Å². The Morgan fingerprint density at radius 2 is 1.81 bits per heavy atom. The molecule has 4 aromatic rings. The third kappa shape index (κ3) is 4.21. The number of H-pyrrole nitrogens is 1. The molecule has 180 valence electrons. The second kappa shape index (κ2) is 9.48. The molecule has 2 aliphatic rings. The van der Waals surface area contributed by atoms with Gasteiger partial charge in [-0.3, -0.25) is 9.78 Å². The zero-order chi connectivity index (χ0) is 24.5. The van der Waals surface area contributed by atoms with Crippen LogP contribution in [0.2, 0.25) is 0 Å². The summed E-state index contributed by atoms with van der Waals surface area (Å²) in [6.45, 7) is 4.60. The molecule has 0 atom stereocenters. The van der Waals surface area contributed by atoms with E-state index >= 15 is 0 Å². The predicted molar refractivity (Wildman–Crippen MR) is 139 cm³/mol. The normalized spacial score (nSPS) is 16.0. The topological polar surface area (TPSA) is 85.2 Å². The number of aromatic amines is 1. The van der Waals surface area contributed by atoms with E-state index in [1.54, 1.807) is 6.20 Å². The van der Waals surface area contributed by atoms with E-state index in [2.05, 4.69) is 51.3 Å². The number of hydrogen-bond donors (Lipinski definition) is 1. The highest BCUT2D eigenvalue weighted by Crippen LogP contribution is 2.33. The Hall–Kier alpha value is -4.15. The van der Waals surface area contributed by atoms with Crippen molar-refractivity contribution in [3.8, 4) is 28.6 Å². The average molecular weight is 478 g/mol. The fourth-order valence-electron chi connectivity index (χ4n) is 5.16. The number of pyridine rings is 1. The van der Waals surface area contributed by atoms with Crippen LogP contribution in [-0.2, 0) is 16.1 Å². The lowest BCUT2D eigenvalue weighted by molar-refractivity contribution is -0.128. The molecule has 7 heteroatoms. The molecule has 0 aliphatic carbocycles. The Kier molecular flexibility index (Phi) is 5.88. The Morgan fingerprint density at radius 1 is 1.00 bits per heavy atom. The molecule has 0 unspecified atom stereocenters. The molecule has 0 saturated carbocycles. The summed E-state index contributed by atoms with van der Waals surface area (Å²) in [5, 5.41) is 10.8. The molecule has 2 aromatic heterocycles. The first-order valence-corrected chi connectivity index (χ1v) is 12.4. The summed E-state index contributed by atoms with van der Waals surface area (Å²) in [6.07, 6.45) is 3.27. The van der Waals surface area contributed by atoms with Gasteiger partial charge >= 0.3 is 0 Å². The number of rotatable bonds is 5. The fourth-order valence-corrected chi connectivity index (χ4v) is 5.16. The number of amides is 1. The molecule has 2 aromatic carbocycles. The largest absolute Gasteiger partial charge is 0.378 e. The van der Waals surface area contributed by atoms with Gasteiger partial charge < -0.3 is 19.5 Å². The number of nitrogens with zero attached hydrogens (tertiary/aromatic N) is 4. The third-order valence-electron chi connectivity index (χ3n) is 7.14. The van der Waals surface area contributed by atoms with Crippen LogP contribution < -0.4 is 4.90 Å². The van der Waals surface area contributed by atoms with Gasteiger partial charge in [0.2, 0.25) is 5.91 Å². The van der Waals surface area contributed by atoms with Crippen LogP contribution in [0.5, 0.6) is 0 Å². The standard InChI is InChI=1S/C29H27N5O2/c30-18-23-16-21(3-4-22(23)19-34-11-1-2-28(34)35)29-25-17-27(32-26(25)9-10-31-29)20-5-7-24(8-6-20)33-12-14-36-15-13-33/h3-10,16-17,32H,1-2,11-15,19H2. The molecular weight excluding hydrogens is 450 g/mol. The lowest BCUT2D eigenvalue weighted by Gasteiger charge is -2.28. The number of hydrogen-bond acceptors (Lipinski definition) is 5. The van der Waals surface area contributed by atoms with Crippen molar-refractivity contribution in [2.75, 3.05) is 37.7 Å². The fraction of sp³-hybridized carbons (Fsp3) is 0.276. The van der Waals surface area contributed by atoms with Gasteiger partial charge in [0.1, 0.15) is 0 Å². The van der Waals surface area contributed by atoms with Gasteiger partial charge in [-0.1, -0.05) is 24.3 Å². The van der Waals surface area contributed by atoms with Crippen LogP contribution in [0.25, 0.3) is 33.4 Å². The van der Waals surface area contributed by atoms with Gasteiger partial charge in [-0.25, -0.2) is 0 Å². The summed E-state index contributed by atoms with van der Waals surface area (Å²) in [4.78, 5) is 24.4. The van der Waals surface area contributed by atoms with Crippen LogP contribution >= 0.6 is 0 Å². The van der Waals surface area contributed by atoms with E-state index in [4.69, 9.17) is 4.74 Å². The van der Waals surface area contributed by atoms with Gasteiger partial charge in [-0.05, 0) is 47.9 Å². The third-order valence-corrected chi connectivity index (χ3v) is 7.14. The monoisotopic (exact) mass is 477 g/mol. The molecule has 36 heavy (non-hydrogen) atoms. The first-order valence-electron chi connectivity index (χ1n) is 12.4. The van der Waals surface area contributed by atoms with Crippen molar-refractivity contribution in [2.24, 2.45) is 0 Å². The molecule has 0 bridgehead atoms. The SMILES string of the molecule is N#Cc1cc(-c2nccc3[nH]c(-c4ccc(N5CCOCC5)cc4)cc23)ccc1CN1CCCC1=O. The van der Waals surface area contributed by atoms with Gasteiger partial charge in [0.25, 0.3) is 0 Å². The quantitative estimate of drug-likeness (QED) is 0.449. The summed E-state index contributed by atoms with van der Waals surface area (Å²) < 4.78 is 5.46. The second-order valence-corrected chi connectivity index (χ2v) is 9.35. The Labute approximate surface area is 209 Å². The van der Waals surface area contributed by atoms with Crippen molar-refractivity contribution >= 4 is 22.5 Å². The zero-order valence-corrected chi connectivity index (χ0v) is 20.0. The maximum Gasteiger partial charge on any atom is 0.222 e. The number of benzene rings is 2. The Morgan fingerprint density at radius 3 is 2.56 bits per heavy atom. The second-order valence-electron chi connectivity index (χ2n) is 9.35. The smallest absolute Gasteiger partial charge is 0.222 e. The van der Waals surface area contributed by atoms with Crippen molar-refractivity contribution in [3.63, 3.8) is 0 Å². The number of carbonyl (C=O) groups excluding carboxylic acids is 1. The summed E-state index contributed by atoms with van der Waals surface area (Å²) in [6, 6.07) is 20.9. The molecule has 7 nitrogen and oxygen atoms in total. The summed E-state index contributed by atoms with van der Waals surface area (Å²) >= 11 is 0.